The van der Waals surface area contributed by atoms with Gasteiger partial charge in [0.2, 0.25) is 0 Å². The number of aromatic amines is 1. The van der Waals surface area contributed by atoms with E-state index in [1.54, 1.807) is 31.2 Å². The third-order valence-electron chi connectivity index (χ3n) is 2.93. The van der Waals surface area contributed by atoms with Crippen LogP contribution in [0, 0.1) is 0 Å². The zero-order chi connectivity index (χ0) is 16.3. The lowest BCUT2D eigenvalue weighted by molar-refractivity contribution is 0.0944. The second kappa shape index (κ2) is 6.50. The van der Waals surface area contributed by atoms with Gasteiger partial charge in [0.25, 0.3) is 5.91 Å². The first-order valence-electron chi connectivity index (χ1n) is 6.54. The SMILES string of the molecule is C[C@@H](CS(C)(=O)=O)NC(=O)c1cn[nH]c1-c1cccc(Cl)c1. The lowest BCUT2D eigenvalue weighted by Crippen LogP contribution is -2.37. The van der Waals surface area contributed by atoms with Crippen LogP contribution >= 0.6 is 11.6 Å². The summed E-state index contributed by atoms with van der Waals surface area (Å²) in [7, 11) is -3.16. The Balaban J connectivity index is 2.20. The maximum absolute atomic E-state index is 12.3. The van der Waals surface area contributed by atoms with Crippen molar-refractivity contribution in [3.05, 3.63) is 41.0 Å². The fraction of sp³-hybridized carbons (Fsp3) is 0.286. The molecule has 2 rings (SSSR count). The maximum Gasteiger partial charge on any atom is 0.255 e. The first kappa shape index (κ1) is 16.5. The van der Waals surface area contributed by atoms with Gasteiger partial charge in [-0.25, -0.2) is 8.42 Å². The van der Waals surface area contributed by atoms with Crippen molar-refractivity contribution in [1.29, 1.82) is 0 Å². The number of hydrogen-bond acceptors (Lipinski definition) is 4. The van der Waals surface area contributed by atoms with Crippen LogP contribution in [0.2, 0.25) is 5.02 Å². The molecule has 0 aliphatic carbocycles. The van der Waals surface area contributed by atoms with E-state index in [2.05, 4.69) is 15.5 Å². The van der Waals surface area contributed by atoms with Crippen LogP contribution in [0.1, 0.15) is 17.3 Å². The minimum Gasteiger partial charge on any atom is -0.348 e. The van der Waals surface area contributed by atoms with E-state index < -0.39 is 15.9 Å². The molecule has 8 heteroatoms. The number of aromatic nitrogens is 2. The molecule has 0 saturated heterocycles. The molecule has 2 N–H and O–H groups in total. The largest absolute Gasteiger partial charge is 0.348 e. The summed E-state index contributed by atoms with van der Waals surface area (Å²) in [5.74, 6) is -0.511. The second-order valence-corrected chi connectivity index (χ2v) is 7.76. The van der Waals surface area contributed by atoms with Gasteiger partial charge >= 0.3 is 0 Å². The van der Waals surface area contributed by atoms with Gasteiger partial charge < -0.3 is 5.32 Å². The van der Waals surface area contributed by atoms with Gasteiger partial charge in [-0.1, -0.05) is 23.7 Å². The van der Waals surface area contributed by atoms with Gasteiger partial charge in [0, 0.05) is 22.9 Å². The van der Waals surface area contributed by atoms with Crippen molar-refractivity contribution in [2.45, 2.75) is 13.0 Å². The molecular formula is C14H16ClN3O3S. The molecule has 1 amide bonds. The van der Waals surface area contributed by atoms with Gasteiger partial charge in [-0.3, -0.25) is 9.89 Å². The van der Waals surface area contributed by atoms with E-state index in [1.165, 1.54) is 6.20 Å². The predicted molar refractivity (Wildman–Crippen MR) is 85.7 cm³/mol. The fourth-order valence-electron chi connectivity index (χ4n) is 2.12. The van der Waals surface area contributed by atoms with Crippen LogP contribution in [-0.4, -0.2) is 42.6 Å². The molecule has 0 unspecified atom stereocenters. The van der Waals surface area contributed by atoms with Crippen molar-refractivity contribution in [2.75, 3.05) is 12.0 Å². The van der Waals surface area contributed by atoms with Crippen molar-refractivity contribution in [1.82, 2.24) is 15.5 Å². The molecule has 1 atom stereocenters. The Morgan fingerprint density at radius 2 is 2.18 bits per heavy atom. The normalized spacial score (nSPS) is 12.9. The number of carbonyl (C=O) groups is 1. The highest BCUT2D eigenvalue weighted by molar-refractivity contribution is 7.90. The van der Waals surface area contributed by atoms with Crippen molar-refractivity contribution < 1.29 is 13.2 Å². The first-order chi connectivity index (χ1) is 10.3. The molecule has 6 nitrogen and oxygen atoms in total. The summed E-state index contributed by atoms with van der Waals surface area (Å²) >= 11 is 5.95. The molecule has 0 bridgehead atoms. The molecule has 22 heavy (non-hydrogen) atoms. The highest BCUT2D eigenvalue weighted by atomic mass is 35.5. The fourth-order valence-corrected chi connectivity index (χ4v) is 3.30. The summed E-state index contributed by atoms with van der Waals surface area (Å²) in [6.07, 6.45) is 2.53. The molecule has 0 fully saturated rings. The lowest BCUT2D eigenvalue weighted by atomic mass is 10.1. The molecule has 0 radical (unpaired) electrons. The van der Waals surface area contributed by atoms with Crippen molar-refractivity contribution in [3.8, 4) is 11.3 Å². The number of halogens is 1. The van der Waals surface area contributed by atoms with E-state index in [1.807, 2.05) is 0 Å². The number of nitrogens with zero attached hydrogens (tertiary/aromatic N) is 1. The van der Waals surface area contributed by atoms with Crippen LogP contribution in [0.3, 0.4) is 0 Å². The van der Waals surface area contributed by atoms with Crippen LogP contribution in [-0.2, 0) is 9.84 Å². The Hall–Kier alpha value is -1.86. The molecule has 0 saturated carbocycles. The molecule has 1 aromatic carbocycles. The van der Waals surface area contributed by atoms with E-state index in [0.29, 0.717) is 16.3 Å². The van der Waals surface area contributed by atoms with Crippen LogP contribution in [0.25, 0.3) is 11.3 Å². The minimum absolute atomic E-state index is 0.122. The number of hydrogen-bond donors (Lipinski definition) is 2. The highest BCUT2D eigenvalue weighted by Crippen LogP contribution is 2.23. The summed E-state index contributed by atoms with van der Waals surface area (Å²) in [5.41, 5.74) is 1.60. The van der Waals surface area contributed by atoms with E-state index in [-0.39, 0.29) is 11.7 Å². The number of amides is 1. The smallest absolute Gasteiger partial charge is 0.255 e. The molecule has 1 aromatic heterocycles. The lowest BCUT2D eigenvalue weighted by Gasteiger charge is -2.12. The number of carbonyl (C=O) groups excluding carboxylic acids is 1. The van der Waals surface area contributed by atoms with Gasteiger partial charge in [0.05, 0.1) is 23.2 Å². The van der Waals surface area contributed by atoms with Gasteiger partial charge in [0.1, 0.15) is 9.84 Å². The van der Waals surface area contributed by atoms with E-state index >= 15 is 0 Å². The van der Waals surface area contributed by atoms with Gasteiger partial charge in [-0.15, -0.1) is 0 Å². The Kier molecular flexibility index (Phi) is 4.87. The van der Waals surface area contributed by atoms with E-state index in [4.69, 9.17) is 11.6 Å². The summed E-state index contributed by atoms with van der Waals surface area (Å²) in [6, 6.07) is 6.52. The molecule has 2 aromatic rings. The Labute approximate surface area is 133 Å². The maximum atomic E-state index is 12.3. The quantitative estimate of drug-likeness (QED) is 0.868. The number of benzene rings is 1. The monoisotopic (exact) mass is 341 g/mol. The number of rotatable bonds is 5. The van der Waals surface area contributed by atoms with Gasteiger partial charge in [0.15, 0.2) is 0 Å². The molecule has 118 valence electrons. The molecule has 0 aliphatic heterocycles. The summed E-state index contributed by atoms with van der Waals surface area (Å²) in [4.78, 5) is 12.3. The van der Waals surface area contributed by atoms with Crippen molar-refractivity contribution >= 4 is 27.3 Å². The minimum atomic E-state index is -3.16. The van der Waals surface area contributed by atoms with Crippen LogP contribution < -0.4 is 5.32 Å². The molecule has 0 spiro atoms. The zero-order valence-corrected chi connectivity index (χ0v) is 13.7. The Bertz CT molecular complexity index is 786. The number of nitrogens with one attached hydrogen (secondary N) is 2. The summed E-state index contributed by atoms with van der Waals surface area (Å²) in [5, 5.41) is 9.85. The Morgan fingerprint density at radius 3 is 2.82 bits per heavy atom. The van der Waals surface area contributed by atoms with Crippen LogP contribution in [0.4, 0.5) is 0 Å². The average Bonchev–Trinajstić information content (AvgIpc) is 2.85. The standard InChI is InChI=1S/C14H16ClN3O3S/c1-9(8-22(2,20)21)17-14(19)12-7-16-18-13(12)10-4-3-5-11(15)6-10/h3-7,9H,8H2,1-2H3,(H,16,18)(H,17,19)/t9-/m0/s1. The summed E-state index contributed by atoms with van der Waals surface area (Å²) < 4.78 is 22.5. The third-order valence-corrected chi connectivity index (χ3v) is 4.27. The molecular weight excluding hydrogens is 326 g/mol. The molecule has 0 aliphatic rings. The van der Waals surface area contributed by atoms with Crippen molar-refractivity contribution in [3.63, 3.8) is 0 Å². The number of H-pyrrole nitrogens is 1. The predicted octanol–water partition coefficient (Wildman–Crippen LogP) is 1.89. The van der Waals surface area contributed by atoms with Crippen LogP contribution in [0.5, 0.6) is 0 Å². The van der Waals surface area contributed by atoms with Gasteiger partial charge in [-0.05, 0) is 19.1 Å². The van der Waals surface area contributed by atoms with Crippen LogP contribution in [0.15, 0.2) is 30.5 Å². The Morgan fingerprint density at radius 1 is 1.45 bits per heavy atom. The number of sulfone groups is 1. The van der Waals surface area contributed by atoms with E-state index in [9.17, 15) is 13.2 Å². The van der Waals surface area contributed by atoms with Crippen molar-refractivity contribution in [2.24, 2.45) is 0 Å². The van der Waals surface area contributed by atoms with Gasteiger partial charge in [-0.2, -0.15) is 5.10 Å². The highest BCUT2D eigenvalue weighted by Gasteiger charge is 2.19. The summed E-state index contributed by atoms with van der Waals surface area (Å²) in [6.45, 7) is 1.64. The average molecular weight is 342 g/mol. The third kappa shape index (κ3) is 4.32. The topological polar surface area (TPSA) is 91.9 Å². The first-order valence-corrected chi connectivity index (χ1v) is 8.98. The molecule has 1 heterocycles. The second-order valence-electron chi connectivity index (χ2n) is 5.14. The zero-order valence-electron chi connectivity index (χ0n) is 12.1. The van der Waals surface area contributed by atoms with E-state index in [0.717, 1.165) is 11.8 Å².